The second kappa shape index (κ2) is 8.25. The summed E-state index contributed by atoms with van der Waals surface area (Å²) in [5, 5.41) is 8.97. The van der Waals surface area contributed by atoms with Crippen LogP contribution in [0, 0.1) is 5.82 Å². The highest BCUT2D eigenvalue weighted by Crippen LogP contribution is 2.25. The van der Waals surface area contributed by atoms with Crippen molar-refractivity contribution >= 4 is 5.91 Å². The fourth-order valence-corrected chi connectivity index (χ4v) is 3.36. The molecule has 0 radical (unpaired) electrons. The maximum absolute atomic E-state index is 13.8. The zero-order valence-electron chi connectivity index (χ0n) is 14.2. The lowest BCUT2D eigenvalue weighted by molar-refractivity contribution is -0.132. The van der Waals surface area contributed by atoms with Gasteiger partial charge in [0.25, 0.3) is 0 Å². The van der Waals surface area contributed by atoms with E-state index in [0.717, 1.165) is 32.2 Å². The number of halogens is 1. The molecule has 0 saturated carbocycles. The first-order valence-electron chi connectivity index (χ1n) is 8.79. The minimum absolute atomic E-state index is 0.0890. The van der Waals surface area contributed by atoms with Crippen LogP contribution in [0.3, 0.4) is 0 Å². The predicted molar refractivity (Wildman–Crippen MR) is 91.3 cm³/mol. The summed E-state index contributed by atoms with van der Waals surface area (Å²) >= 11 is 0. The number of aliphatic hydroxyl groups excluding tert-OH is 1. The van der Waals surface area contributed by atoms with Crippen LogP contribution in [0.15, 0.2) is 34.9 Å². The molecule has 1 atom stereocenters. The molecule has 1 unspecified atom stereocenters. The van der Waals surface area contributed by atoms with Gasteiger partial charge in [-0.15, -0.1) is 0 Å². The Morgan fingerprint density at radius 2 is 2.24 bits per heavy atom. The number of amides is 1. The molecule has 1 N–H and O–H groups in total. The molecule has 5 nitrogen and oxygen atoms in total. The summed E-state index contributed by atoms with van der Waals surface area (Å²) in [6.07, 6.45) is 5.81. The topological polar surface area (TPSA) is 66.6 Å². The van der Waals surface area contributed by atoms with Crippen molar-refractivity contribution in [3.05, 3.63) is 42.2 Å². The van der Waals surface area contributed by atoms with Crippen molar-refractivity contribution < 1.29 is 18.7 Å². The van der Waals surface area contributed by atoms with E-state index in [1.54, 1.807) is 18.2 Å². The first-order valence-corrected chi connectivity index (χ1v) is 8.79. The molecule has 1 aromatic heterocycles. The SMILES string of the molecule is O=C(CCc1ncc(-c2ccccc2F)o1)N1CCCC1CCCO. The van der Waals surface area contributed by atoms with Gasteiger partial charge in [-0.3, -0.25) is 4.79 Å². The van der Waals surface area contributed by atoms with Crippen LogP contribution < -0.4 is 0 Å². The normalized spacial score (nSPS) is 17.2. The lowest BCUT2D eigenvalue weighted by Gasteiger charge is -2.24. The number of aromatic nitrogens is 1. The molecule has 1 fully saturated rings. The monoisotopic (exact) mass is 346 g/mol. The number of aryl methyl sites for hydroxylation is 1. The molecule has 134 valence electrons. The maximum Gasteiger partial charge on any atom is 0.223 e. The fourth-order valence-electron chi connectivity index (χ4n) is 3.36. The number of carbonyl (C=O) groups excluding carboxylic acids is 1. The number of aliphatic hydroxyl groups is 1. The molecule has 1 aromatic carbocycles. The van der Waals surface area contributed by atoms with Gasteiger partial charge in [0.05, 0.1) is 11.8 Å². The van der Waals surface area contributed by atoms with E-state index in [1.807, 2.05) is 4.90 Å². The van der Waals surface area contributed by atoms with Gasteiger partial charge in [0, 0.05) is 32.0 Å². The number of likely N-dealkylation sites (tertiary alicyclic amines) is 1. The van der Waals surface area contributed by atoms with E-state index >= 15 is 0 Å². The Hall–Kier alpha value is -2.21. The van der Waals surface area contributed by atoms with Crippen LogP contribution in [-0.2, 0) is 11.2 Å². The van der Waals surface area contributed by atoms with Gasteiger partial charge in [-0.25, -0.2) is 9.37 Å². The summed E-state index contributed by atoms with van der Waals surface area (Å²) in [5.41, 5.74) is 0.371. The average molecular weight is 346 g/mol. The average Bonchev–Trinajstić information content (AvgIpc) is 3.27. The molecule has 1 saturated heterocycles. The van der Waals surface area contributed by atoms with Gasteiger partial charge >= 0.3 is 0 Å². The highest BCUT2D eigenvalue weighted by molar-refractivity contribution is 5.77. The molecule has 3 rings (SSSR count). The Labute approximate surface area is 146 Å². The minimum atomic E-state index is -0.356. The molecular weight excluding hydrogens is 323 g/mol. The van der Waals surface area contributed by atoms with Crippen molar-refractivity contribution in [1.29, 1.82) is 0 Å². The van der Waals surface area contributed by atoms with Crippen molar-refractivity contribution in [3.63, 3.8) is 0 Å². The molecule has 2 aromatic rings. The molecule has 1 aliphatic heterocycles. The fraction of sp³-hybridized carbons (Fsp3) is 0.474. The van der Waals surface area contributed by atoms with Gasteiger partial charge in [-0.05, 0) is 37.8 Å². The van der Waals surface area contributed by atoms with Gasteiger partial charge in [0.15, 0.2) is 11.7 Å². The molecule has 1 aliphatic rings. The summed E-state index contributed by atoms with van der Waals surface area (Å²) in [4.78, 5) is 18.5. The van der Waals surface area contributed by atoms with Crippen LogP contribution in [0.2, 0.25) is 0 Å². The highest BCUT2D eigenvalue weighted by Gasteiger charge is 2.28. The van der Waals surface area contributed by atoms with Gasteiger partial charge in [0.2, 0.25) is 5.91 Å². The van der Waals surface area contributed by atoms with Crippen molar-refractivity contribution in [3.8, 4) is 11.3 Å². The molecule has 0 bridgehead atoms. The molecular formula is C19H23FN2O3. The summed E-state index contributed by atoms with van der Waals surface area (Å²) in [7, 11) is 0. The molecule has 6 heteroatoms. The van der Waals surface area contributed by atoms with Crippen LogP contribution in [0.4, 0.5) is 4.39 Å². The van der Waals surface area contributed by atoms with Crippen molar-refractivity contribution in [2.75, 3.05) is 13.2 Å². The smallest absolute Gasteiger partial charge is 0.223 e. The van der Waals surface area contributed by atoms with Gasteiger partial charge in [0.1, 0.15) is 5.82 Å². The van der Waals surface area contributed by atoms with Gasteiger partial charge < -0.3 is 14.4 Å². The quantitative estimate of drug-likeness (QED) is 0.836. The molecule has 2 heterocycles. The third kappa shape index (κ3) is 4.25. The van der Waals surface area contributed by atoms with Crippen LogP contribution in [-0.4, -0.2) is 40.1 Å². The zero-order chi connectivity index (χ0) is 17.6. The minimum Gasteiger partial charge on any atom is -0.441 e. The number of carbonyl (C=O) groups is 1. The predicted octanol–water partition coefficient (Wildman–Crippen LogP) is 3.18. The van der Waals surface area contributed by atoms with E-state index in [-0.39, 0.29) is 24.4 Å². The van der Waals surface area contributed by atoms with E-state index in [0.29, 0.717) is 30.1 Å². The lowest BCUT2D eigenvalue weighted by atomic mass is 10.1. The van der Waals surface area contributed by atoms with E-state index in [4.69, 9.17) is 9.52 Å². The maximum atomic E-state index is 13.8. The van der Waals surface area contributed by atoms with Crippen molar-refractivity contribution in [1.82, 2.24) is 9.88 Å². The van der Waals surface area contributed by atoms with Gasteiger partial charge in [-0.2, -0.15) is 0 Å². The Bertz CT molecular complexity index is 716. The second-order valence-electron chi connectivity index (χ2n) is 6.35. The largest absolute Gasteiger partial charge is 0.441 e. The molecule has 1 amide bonds. The lowest BCUT2D eigenvalue weighted by Crippen LogP contribution is -2.35. The third-order valence-corrected chi connectivity index (χ3v) is 4.64. The Morgan fingerprint density at radius 1 is 1.40 bits per heavy atom. The number of nitrogens with zero attached hydrogens (tertiary/aromatic N) is 2. The standard InChI is InChI=1S/C19H23FN2O3/c20-16-8-2-1-7-15(16)17-13-21-18(25-17)9-10-19(24)22-11-3-5-14(22)6-4-12-23/h1-2,7-8,13-14,23H,3-6,9-12H2. The van der Waals surface area contributed by atoms with E-state index < -0.39 is 0 Å². The number of benzene rings is 1. The number of rotatable bonds is 7. The molecule has 0 aliphatic carbocycles. The molecule has 0 spiro atoms. The first kappa shape index (κ1) is 17.6. The van der Waals surface area contributed by atoms with E-state index in [9.17, 15) is 9.18 Å². The van der Waals surface area contributed by atoms with E-state index in [2.05, 4.69) is 4.98 Å². The van der Waals surface area contributed by atoms with Crippen molar-refractivity contribution in [2.45, 2.75) is 44.6 Å². The zero-order valence-corrected chi connectivity index (χ0v) is 14.2. The van der Waals surface area contributed by atoms with Crippen LogP contribution in [0.25, 0.3) is 11.3 Å². The van der Waals surface area contributed by atoms with Crippen LogP contribution in [0.5, 0.6) is 0 Å². The van der Waals surface area contributed by atoms with Crippen LogP contribution >= 0.6 is 0 Å². The third-order valence-electron chi connectivity index (χ3n) is 4.64. The van der Waals surface area contributed by atoms with Crippen LogP contribution in [0.1, 0.15) is 38.0 Å². The summed E-state index contributed by atoms with van der Waals surface area (Å²) in [6.45, 7) is 0.939. The summed E-state index contributed by atoms with van der Waals surface area (Å²) < 4.78 is 19.4. The Kier molecular flexibility index (Phi) is 5.81. The highest BCUT2D eigenvalue weighted by atomic mass is 19.1. The Balaban J connectivity index is 1.57. The van der Waals surface area contributed by atoms with Gasteiger partial charge in [-0.1, -0.05) is 12.1 Å². The van der Waals surface area contributed by atoms with E-state index in [1.165, 1.54) is 12.3 Å². The summed E-state index contributed by atoms with van der Waals surface area (Å²) in [5.74, 6) is 0.552. The second-order valence-corrected chi connectivity index (χ2v) is 6.35. The summed E-state index contributed by atoms with van der Waals surface area (Å²) in [6, 6.07) is 6.61. The number of oxazole rings is 1. The molecule has 25 heavy (non-hydrogen) atoms. The number of hydrogen-bond donors (Lipinski definition) is 1. The van der Waals surface area contributed by atoms with Crippen molar-refractivity contribution in [2.24, 2.45) is 0 Å². The first-order chi connectivity index (χ1) is 12.2. The number of hydrogen-bond acceptors (Lipinski definition) is 4. The Morgan fingerprint density at radius 3 is 3.04 bits per heavy atom.